The van der Waals surface area contributed by atoms with Gasteiger partial charge in [-0.2, -0.15) is 0 Å². The highest BCUT2D eigenvalue weighted by atomic mass is 32.2. The van der Waals surface area contributed by atoms with Crippen molar-refractivity contribution in [2.45, 2.75) is 68.0 Å². The summed E-state index contributed by atoms with van der Waals surface area (Å²) in [5, 5.41) is 30.2. The molecule has 9 nitrogen and oxygen atoms in total. The number of aromatic hydroxyl groups is 1. The normalized spacial score (nSPS) is 12.3. The van der Waals surface area contributed by atoms with Gasteiger partial charge >= 0.3 is 5.97 Å². The first kappa shape index (κ1) is 41.3. The summed E-state index contributed by atoms with van der Waals surface area (Å²) in [7, 11) is -3.69. The largest absolute Gasteiger partial charge is 0.508 e. The van der Waals surface area contributed by atoms with Crippen molar-refractivity contribution in [3.05, 3.63) is 167 Å². The monoisotopic (exact) mass is 764 g/mol. The van der Waals surface area contributed by atoms with Gasteiger partial charge in [-0.05, 0) is 90.7 Å². The van der Waals surface area contributed by atoms with Crippen LogP contribution < -0.4 is 10.5 Å². The molecule has 0 unspecified atom stereocenters. The van der Waals surface area contributed by atoms with Crippen LogP contribution in [0.25, 0.3) is 0 Å². The molecule has 5 N–H and O–H groups in total. The van der Waals surface area contributed by atoms with Crippen LogP contribution in [0.3, 0.4) is 0 Å². The molecule has 0 heterocycles. The number of nitrogens with one attached hydrogen (secondary N) is 1. The van der Waals surface area contributed by atoms with Gasteiger partial charge in [-0.25, -0.2) is 13.6 Å². The minimum atomic E-state index is -3.69. The number of phenols is 1. The van der Waals surface area contributed by atoms with E-state index in [1.165, 1.54) is 12.1 Å². The van der Waals surface area contributed by atoms with Crippen LogP contribution in [-0.4, -0.2) is 50.9 Å². The van der Waals surface area contributed by atoms with Crippen molar-refractivity contribution in [2.75, 3.05) is 26.3 Å². The molecular weight excluding hydrogens is 713 g/mol. The highest BCUT2D eigenvalue weighted by molar-refractivity contribution is 7.89. The van der Waals surface area contributed by atoms with E-state index >= 15 is 0 Å². The molecule has 290 valence electrons. The number of sulfonamides is 1. The molecule has 0 aromatic heterocycles. The Kier molecular flexibility index (Phi) is 15.6. The Morgan fingerprint density at radius 2 is 1.29 bits per heavy atom. The second kappa shape index (κ2) is 20.7. The fourth-order valence-electron chi connectivity index (χ4n) is 6.78. The number of nitrogens with two attached hydrogens (primary N) is 1. The maximum Gasteiger partial charge on any atom is 0.325 e. The van der Waals surface area contributed by atoms with Crippen LogP contribution in [0.2, 0.25) is 0 Å². The van der Waals surface area contributed by atoms with Gasteiger partial charge in [-0.15, -0.1) is 0 Å². The lowest BCUT2D eigenvalue weighted by atomic mass is 9.69. The van der Waals surface area contributed by atoms with Crippen LogP contribution in [0.4, 0.5) is 0 Å². The summed E-state index contributed by atoms with van der Waals surface area (Å²) in [6.45, 7) is 2.31. The average molecular weight is 765 g/mol. The number of hydrogen-bond acceptors (Lipinski definition) is 8. The average Bonchev–Trinajstić information content (AvgIpc) is 3.20. The molecule has 0 radical (unpaired) electrons. The number of esters is 1. The number of carbonyl (C=O) groups excluding carboxylic acids is 1. The lowest BCUT2D eigenvalue weighted by Crippen LogP contribution is -2.40. The van der Waals surface area contributed by atoms with Gasteiger partial charge in [0, 0.05) is 25.3 Å². The molecule has 5 rings (SSSR count). The first-order valence-corrected chi connectivity index (χ1v) is 20.5. The first-order valence-electron chi connectivity index (χ1n) is 18.9. The third kappa shape index (κ3) is 11.6. The van der Waals surface area contributed by atoms with Gasteiger partial charge < -0.3 is 25.0 Å². The van der Waals surface area contributed by atoms with Crippen molar-refractivity contribution in [1.82, 2.24) is 5.32 Å². The smallest absolute Gasteiger partial charge is 0.325 e. The maximum atomic E-state index is 14.4. The predicted molar refractivity (Wildman–Crippen MR) is 215 cm³/mol. The second-order valence-corrected chi connectivity index (χ2v) is 15.3. The van der Waals surface area contributed by atoms with E-state index in [0.717, 1.165) is 73.7 Å². The van der Waals surface area contributed by atoms with Gasteiger partial charge in [-0.1, -0.05) is 122 Å². The number of hydrogen-bond donors (Lipinski definition) is 4. The molecule has 0 aliphatic rings. The summed E-state index contributed by atoms with van der Waals surface area (Å²) in [6, 6.07) is 40.4. The van der Waals surface area contributed by atoms with Crippen molar-refractivity contribution >= 4 is 16.0 Å². The summed E-state index contributed by atoms with van der Waals surface area (Å²) >= 11 is 0. The predicted octanol–water partition coefficient (Wildman–Crippen LogP) is 7.34. The zero-order valence-electron chi connectivity index (χ0n) is 31.2. The van der Waals surface area contributed by atoms with Gasteiger partial charge in [0.1, 0.15) is 17.8 Å². The Hall–Kier alpha value is -4.84. The lowest BCUT2D eigenvalue weighted by molar-refractivity contribution is -0.148. The molecule has 0 aliphatic heterocycles. The number of primary sulfonamides is 1. The van der Waals surface area contributed by atoms with Gasteiger partial charge in [0.15, 0.2) is 0 Å². The van der Waals surface area contributed by atoms with Crippen LogP contribution in [0.1, 0.15) is 78.0 Å². The zero-order chi connectivity index (χ0) is 38.9. The van der Waals surface area contributed by atoms with Crippen LogP contribution in [0, 0.1) is 0 Å². The van der Waals surface area contributed by atoms with E-state index in [1.54, 1.807) is 24.3 Å². The van der Waals surface area contributed by atoms with E-state index in [2.05, 4.69) is 5.32 Å². The van der Waals surface area contributed by atoms with Crippen LogP contribution in [-0.2, 0) is 42.7 Å². The number of aryl methyl sites for hydroxylation is 1. The van der Waals surface area contributed by atoms with Gasteiger partial charge in [0.05, 0.1) is 11.0 Å². The number of carbonyl (C=O) groups is 1. The van der Waals surface area contributed by atoms with Crippen LogP contribution in [0.5, 0.6) is 5.75 Å². The van der Waals surface area contributed by atoms with Crippen molar-refractivity contribution in [2.24, 2.45) is 5.14 Å². The van der Waals surface area contributed by atoms with Crippen molar-refractivity contribution in [3.8, 4) is 5.75 Å². The third-order valence-corrected chi connectivity index (χ3v) is 10.6. The Bertz CT molecular complexity index is 1930. The number of benzene rings is 5. The number of unbranched alkanes of at least 4 members (excludes halogenated alkanes) is 4. The Morgan fingerprint density at radius 1 is 0.709 bits per heavy atom. The minimum absolute atomic E-state index is 0.0152. The molecule has 0 aliphatic carbocycles. The van der Waals surface area contributed by atoms with Gasteiger partial charge in [0.25, 0.3) is 0 Å². The maximum absolute atomic E-state index is 14.4. The summed E-state index contributed by atoms with van der Waals surface area (Å²) in [4.78, 5) is 14.5. The Morgan fingerprint density at radius 3 is 1.89 bits per heavy atom. The Balaban J connectivity index is 1.04. The highest BCUT2D eigenvalue weighted by Gasteiger charge is 2.45. The van der Waals surface area contributed by atoms with Crippen molar-refractivity contribution in [3.63, 3.8) is 0 Å². The number of aliphatic hydroxyl groups excluding tert-OH is 1. The van der Waals surface area contributed by atoms with E-state index < -0.39 is 27.5 Å². The summed E-state index contributed by atoms with van der Waals surface area (Å²) < 4.78 is 34.9. The molecule has 0 spiro atoms. The topological polar surface area (TPSA) is 148 Å². The van der Waals surface area contributed by atoms with Crippen molar-refractivity contribution in [1.29, 1.82) is 0 Å². The molecule has 55 heavy (non-hydrogen) atoms. The molecule has 0 fully saturated rings. The third-order valence-electron chi connectivity index (χ3n) is 9.73. The van der Waals surface area contributed by atoms with Crippen LogP contribution >= 0.6 is 0 Å². The van der Waals surface area contributed by atoms with E-state index in [-0.39, 0.29) is 17.3 Å². The fraction of sp³-hybridized carbons (Fsp3) is 0.311. The van der Waals surface area contributed by atoms with E-state index in [0.29, 0.717) is 30.9 Å². The SMILES string of the molecule is NS(=O)(=O)c1cccc(CCCCOCCCCCCNC[C@H](O)c2ccc(O)c(COC(=O)C(c3ccccc3)(c3ccccc3)c3ccccc3)c2)c1. The molecule has 0 bridgehead atoms. The summed E-state index contributed by atoms with van der Waals surface area (Å²) in [6.07, 6.45) is 5.80. The van der Waals surface area contributed by atoms with Gasteiger partial charge in [0.2, 0.25) is 10.0 Å². The molecule has 10 heteroatoms. The summed E-state index contributed by atoms with van der Waals surface area (Å²) in [5.74, 6) is -0.489. The van der Waals surface area contributed by atoms with E-state index in [9.17, 15) is 23.4 Å². The van der Waals surface area contributed by atoms with Crippen LogP contribution in [0.15, 0.2) is 138 Å². The molecule has 5 aromatic carbocycles. The molecule has 0 saturated heterocycles. The van der Waals surface area contributed by atoms with E-state index in [4.69, 9.17) is 14.6 Å². The second-order valence-electron chi connectivity index (χ2n) is 13.7. The molecule has 0 saturated carbocycles. The zero-order valence-corrected chi connectivity index (χ0v) is 32.0. The number of rotatable bonds is 22. The fourth-order valence-corrected chi connectivity index (χ4v) is 7.36. The molecule has 1 atom stereocenters. The Labute approximate surface area is 325 Å². The van der Waals surface area contributed by atoms with Gasteiger partial charge in [-0.3, -0.25) is 4.79 Å². The summed E-state index contributed by atoms with van der Waals surface area (Å²) in [5.41, 5.74) is 3.03. The number of phenolic OH excluding ortho intramolecular Hbond substituents is 1. The highest BCUT2D eigenvalue weighted by Crippen LogP contribution is 2.41. The molecular formula is C45H52N2O7S. The van der Waals surface area contributed by atoms with E-state index in [1.807, 2.05) is 97.1 Å². The molecule has 0 amide bonds. The number of ether oxygens (including phenoxy) is 2. The lowest BCUT2D eigenvalue weighted by Gasteiger charge is -2.33. The molecule has 5 aromatic rings. The standard InChI is InChI=1S/C45H52N2O7S/c46-55(51,52)41-25-16-18-35(31-41)17-12-15-30-53-29-14-2-1-13-28-47-33-43(49)36-26-27-42(48)37(32-36)34-54-44(50)45(38-19-6-3-7-20-38,39-21-8-4-9-22-39)40-23-10-5-11-24-40/h3-11,16,18-27,31-32,43,47-49H,1-2,12-15,17,28-30,33-34H2,(H2,46,51,52)/t43-/m0/s1. The van der Waals surface area contributed by atoms with Crippen molar-refractivity contribution < 1.29 is 32.9 Å². The first-order chi connectivity index (χ1) is 26.7. The minimum Gasteiger partial charge on any atom is -0.508 e. The number of aliphatic hydroxyl groups is 1. The quantitative estimate of drug-likeness (QED) is 0.0325.